The summed E-state index contributed by atoms with van der Waals surface area (Å²) in [6, 6.07) is 19.4. The number of aryl methyl sites for hydroxylation is 2. The predicted octanol–water partition coefficient (Wildman–Crippen LogP) is 4.76. The van der Waals surface area contributed by atoms with Crippen LogP contribution in [0.25, 0.3) is 22.2 Å². The summed E-state index contributed by atoms with van der Waals surface area (Å²) >= 11 is 0. The van der Waals surface area contributed by atoms with Crippen molar-refractivity contribution in [1.29, 1.82) is 0 Å². The Bertz CT molecular complexity index is 1090. The molecule has 0 saturated carbocycles. The van der Waals surface area contributed by atoms with E-state index in [-0.39, 0.29) is 11.9 Å². The van der Waals surface area contributed by atoms with Crippen molar-refractivity contribution >= 4 is 22.7 Å². The van der Waals surface area contributed by atoms with E-state index >= 15 is 0 Å². The summed E-state index contributed by atoms with van der Waals surface area (Å²) in [4.78, 5) is 12.6. The van der Waals surface area contributed by atoms with E-state index in [4.69, 9.17) is 4.42 Å². The summed E-state index contributed by atoms with van der Waals surface area (Å²) < 4.78 is 5.63. The molecule has 5 heteroatoms. The van der Waals surface area contributed by atoms with E-state index in [0.717, 1.165) is 27.5 Å². The number of amides is 1. The molecule has 0 aliphatic rings. The zero-order valence-electron chi connectivity index (χ0n) is 14.5. The minimum Gasteiger partial charge on any atom is -0.403 e. The number of fused-ring (bicyclic) bond motifs is 1. The van der Waals surface area contributed by atoms with Gasteiger partial charge in [0.25, 0.3) is 5.91 Å². The van der Waals surface area contributed by atoms with E-state index in [0.29, 0.717) is 11.5 Å². The van der Waals surface area contributed by atoms with Gasteiger partial charge in [-0.1, -0.05) is 58.7 Å². The van der Waals surface area contributed by atoms with Crippen molar-refractivity contribution in [1.82, 2.24) is 10.2 Å². The van der Waals surface area contributed by atoms with E-state index in [1.807, 2.05) is 62.4 Å². The number of benzene rings is 3. The second-order valence-electron chi connectivity index (χ2n) is 6.27. The van der Waals surface area contributed by atoms with Crippen molar-refractivity contribution in [3.05, 3.63) is 77.4 Å². The average molecular weight is 343 g/mol. The fourth-order valence-electron chi connectivity index (χ4n) is 3.08. The van der Waals surface area contributed by atoms with Crippen molar-refractivity contribution in [2.45, 2.75) is 13.8 Å². The number of carbonyl (C=O) groups excluding carboxylic acids is 1. The van der Waals surface area contributed by atoms with Gasteiger partial charge in [-0.05, 0) is 42.8 Å². The molecule has 0 aliphatic carbocycles. The Morgan fingerprint density at radius 3 is 2.46 bits per heavy atom. The van der Waals surface area contributed by atoms with Crippen molar-refractivity contribution in [2.24, 2.45) is 0 Å². The minimum atomic E-state index is -0.280. The molecule has 3 aromatic carbocycles. The largest absolute Gasteiger partial charge is 0.403 e. The first-order chi connectivity index (χ1) is 12.6. The topological polar surface area (TPSA) is 68.0 Å². The van der Waals surface area contributed by atoms with Gasteiger partial charge in [0.05, 0.1) is 0 Å². The van der Waals surface area contributed by atoms with Crippen LogP contribution in [0.4, 0.5) is 6.01 Å². The zero-order valence-corrected chi connectivity index (χ0v) is 14.5. The van der Waals surface area contributed by atoms with Crippen LogP contribution in [0, 0.1) is 13.8 Å². The second kappa shape index (κ2) is 6.44. The fourth-order valence-corrected chi connectivity index (χ4v) is 3.08. The highest BCUT2D eigenvalue weighted by Gasteiger charge is 2.15. The van der Waals surface area contributed by atoms with Crippen molar-refractivity contribution in [3.63, 3.8) is 0 Å². The van der Waals surface area contributed by atoms with Gasteiger partial charge in [0.15, 0.2) is 0 Å². The average Bonchev–Trinajstić information content (AvgIpc) is 3.09. The molecule has 128 valence electrons. The van der Waals surface area contributed by atoms with Gasteiger partial charge < -0.3 is 4.42 Å². The molecule has 26 heavy (non-hydrogen) atoms. The standard InChI is InChI=1S/C21H17N3O2/c1-13-10-14(2)12-16(11-13)20-23-24-21(26-20)22-19(25)18-9-5-7-15-6-3-4-8-17(15)18/h3-12H,1-2H3,(H,22,24,25). The quantitative estimate of drug-likeness (QED) is 0.582. The Morgan fingerprint density at radius 2 is 1.65 bits per heavy atom. The van der Waals surface area contributed by atoms with E-state index < -0.39 is 0 Å². The maximum absolute atomic E-state index is 12.6. The summed E-state index contributed by atoms with van der Waals surface area (Å²) in [5.41, 5.74) is 3.62. The third-order valence-corrected chi connectivity index (χ3v) is 4.15. The van der Waals surface area contributed by atoms with Gasteiger partial charge in [0, 0.05) is 11.1 Å². The normalized spacial score (nSPS) is 10.8. The van der Waals surface area contributed by atoms with Crippen molar-refractivity contribution in [3.8, 4) is 11.5 Å². The first-order valence-electron chi connectivity index (χ1n) is 8.31. The summed E-state index contributed by atoms with van der Waals surface area (Å²) in [5.74, 6) is 0.0995. The van der Waals surface area contributed by atoms with Gasteiger partial charge >= 0.3 is 6.01 Å². The Morgan fingerprint density at radius 1 is 0.923 bits per heavy atom. The van der Waals surface area contributed by atoms with Gasteiger partial charge in [0.2, 0.25) is 5.89 Å². The van der Waals surface area contributed by atoms with Crippen LogP contribution in [0.15, 0.2) is 65.1 Å². The fraction of sp³-hybridized carbons (Fsp3) is 0.0952. The van der Waals surface area contributed by atoms with Crippen LogP contribution in [-0.2, 0) is 0 Å². The molecule has 0 aliphatic heterocycles. The number of carbonyl (C=O) groups is 1. The molecule has 0 fully saturated rings. The van der Waals surface area contributed by atoms with Crippen LogP contribution in [0.2, 0.25) is 0 Å². The van der Waals surface area contributed by atoms with Crippen LogP contribution >= 0.6 is 0 Å². The van der Waals surface area contributed by atoms with Crippen LogP contribution in [0.5, 0.6) is 0 Å². The Balaban J connectivity index is 1.62. The lowest BCUT2D eigenvalue weighted by atomic mass is 10.0. The van der Waals surface area contributed by atoms with Crippen LogP contribution in [-0.4, -0.2) is 16.1 Å². The van der Waals surface area contributed by atoms with E-state index in [1.165, 1.54) is 0 Å². The molecule has 1 heterocycles. The lowest BCUT2D eigenvalue weighted by Crippen LogP contribution is -2.12. The smallest absolute Gasteiger partial charge is 0.322 e. The zero-order chi connectivity index (χ0) is 18.1. The number of hydrogen-bond donors (Lipinski definition) is 1. The molecule has 4 rings (SSSR count). The lowest BCUT2D eigenvalue weighted by molar-refractivity contribution is 0.102. The SMILES string of the molecule is Cc1cc(C)cc(-c2nnc(NC(=O)c3cccc4ccccc34)o2)c1. The maximum atomic E-state index is 12.6. The van der Waals surface area contributed by atoms with E-state index in [2.05, 4.69) is 21.6 Å². The molecular weight excluding hydrogens is 326 g/mol. The third kappa shape index (κ3) is 3.07. The van der Waals surface area contributed by atoms with Gasteiger partial charge in [-0.3, -0.25) is 10.1 Å². The predicted molar refractivity (Wildman–Crippen MR) is 101 cm³/mol. The Hall–Kier alpha value is -3.47. The highest BCUT2D eigenvalue weighted by Crippen LogP contribution is 2.24. The first kappa shape index (κ1) is 16.0. The molecular formula is C21H17N3O2. The van der Waals surface area contributed by atoms with Crippen molar-refractivity contribution < 1.29 is 9.21 Å². The Kier molecular flexibility index (Phi) is 3.97. The Labute approximate surface area is 150 Å². The van der Waals surface area contributed by atoms with Crippen molar-refractivity contribution in [2.75, 3.05) is 5.32 Å². The van der Waals surface area contributed by atoms with Gasteiger partial charge in [-0.15, -0.1) is 5.10 Å². The molecule has 0 radical (unpaired) electrons. The lowest BCUT2D eigenvalue weighted by Gasteiger charge is -2.05. The van der Waals surface area contributed by atoms with Gasteiger partial charge in [0.1, 0.15) is 0 Å². The number of nitrogens with zero attached hydrogens (tertiary/aromatic N) is 2. The highest BCUT2D eigenvalue weighted by atomic mass is 16.4. The van der Waals surface area contributed by atoms with Crippen LogP contribution in [0.3, 0.4) is 0 Å². The summed E-state index contributed by atoms with van der Waals surface area (Å²) in [6.07, 6.45) is 0. The second-order valence-corrected chi connectivity index (χ2v) is 6.27. The molecule has 0 spiro atoms. The number of rotatable bonds is 3. The number of anilines is 1. The number of nitrogens with one attached hydrogen (secondary N) is 1. The van der Waals surface area contributed by atoms with Crippen LogP contribution in [0.1, 0.15) is 21.5 Å². The maximum Gasteiger partial charge on any atom is 0.322 e. The summed E-state index contributed by atoms with van der Waals surface area (Å²) in [7, 11) is 0. The molecule has 0 bridgehead atoms. The van der Waals surface area contributed by atoms with E-state index in [9.17, 15) is 4.79 Å². The highest BCUT2D eigenvalue weighted by molar-refractivity contribution is 6.12. The molecule has 1 aromatic heterocycles. The molecule has 4 aromatic rings. The third-order valence-electron chi connectivity index (χ3n) is 4.15. The summed E-state index contributed by atoms with van der Waals surface area (Å²) in [6.45, 7) is 4.02. The monoisotopic (exact) mass is 343 g/mol. The van der Waals surface area contributed by atoms with Crippen LogP contribution < -0.4 is 5.32 Å². The molecule has 1 N–H and O–H groups in total. The number of hydrogen-bond acceptors (Lipinski definition) is 4. The first-order valence-corrected chi connectivity index (χ1v) is 8.31. The molecule has 5 nitrogen and oxygen atoms in total. The molecule has 0 saturated heterocycles. The number of aromatic nitrogens is 2. The molecule has 1 amide bonds. The van der Waals surface area contributed by atoms with Gasteiger partial charge in [-0.25, -0.2) is 0 Å². The minimum absolute atomic E-state index is 0.0806. The van der Waals surface area contributed by atoms with E-state index in [1.54, 1.807) is 6.07 Å². The van der Waals surface area contributed by atoms with Gasteiger partial charge in [-0.2, -0.15) is 0 Å². The molecule has 0 atom stereocenters. The molecule has 0 unspecified atom stereocenters. The summed E-state index contributed by atoms with van der Waals surface area (Å²) in [5, 5.41) is 12.6.